The van der Waals surface area contributed by atoms with Crippen LogP contribution in [0.4, 0.5) is 0 Å². The van der Waals surface area contributed by atoms with E-state index in [1.807, 2.05) is 0 Å². The lowest BCUT2D eigenvalue weighted by atomic mass is 10.0. The van der Waals surface area contributed by atoms with Gasteiger partial charge in [-0.05, 0) is 38.5 Å². The van der Waals surface area contributed by atoms with Gasteiger partial charge in [-0.15, -0.1) is 0 Å². The molecule has 0 aliphatic carbocycles. The fourth-order valence-electron chi connectivity index (χ4n) is 2.86. The van der Waals surface area contributed by atoms with Gasteiger partial charge in [-0.2, -0.15) is 0 Å². The molecule has 0 atom stereocenters. The van der Waals surface area contributed by atoms with Crippen LogP contribution >= 0.6 is 0 Å². The third-order valence-electron chi connectivity index (χ3n) is 3.96. The molecule has 0 aliphatic heterocycles. The molecule has 0 bridgehead atoms. The molecule has 6 nitrogen and oxygen atoms in total. The maximum atomic E-state index is 12.5. The van der Waals surface area contributed by atoms with Crippen LogP contribution in [0.2, 0.25) is 0 Å². The molecule has 0 saturated carbocycles. The number of hydrogen-bond acceptors (Lipinski definition) is 6. The van der Waals surface area contributed by atoms with E-state index < -0.39 is 11.6 Å². The third-order valence-corrected chi connectivity index (χ3v) is 3.96. The van der Waals surface area contributed by atoms with Gasteiger partial charge in [0.05, 0.1) is 35.9 Å². The van der Waals surface area contributed by atoms with Gasteiger partial charge in [0.25, 0.3) is 0 Å². The van der Waals surface area contributed by atoms with E-state index in [9.17, 15) is 9.59 Å². The Balaban J connectivity index is 2.41. The summed E-state index contributed by atoms with van der Waals surface area (Å²) >= 11 is 0. The summed E-state index contributed by atoms with van der Waals surface area (Å²) in [5.41, 5.74) is 1.70. The van der Waals surface area contributed by atoms with Gasteiger partial charge >= 0.3 is 11.6 Å². The Morgan fingerprint density at radius 3 is 2.71 bits per heavy atom. The Kier molecular flexibility index (Phi) is 3.97. The Morgan fingerprint density at radius 1 is 1.29 bits per heavy atom. The van der Waals surface area contributed by atoms with Crippen molar-refractivity contribution in [3.63, 3.8) is 0 Å². The summed E-state index contributed by atoms with van der Waals surface area (Å²) in [6.45, 7) is 5.41. The van der Waals surface area contributed by atoms with Crippen molar-refractivity contribution in [3.05, 3.63) is 45.4 Å². The van der Waals surface area contributed by atoms with Crippen LogP contribution in [0.5, 0.6) is 5.75 Å². The number of pyridine rings is 1. The van der Waals surface area contributed by atoms with E-state index in [4.69, 9.17) is 13.9 Å². The van der Waals surface area contributed by atoms with Crippen LogP contribution in [0.3, 0.4) is 0 Å². The minimum atomic E-state index is -0.540. The second-order valence-corrected chi connectivity index (χ2v) is 5.39. The van der Waals surface area contributed by atoms with E-state index in [1.54, 1.807) is 46.1 Å². The van der Waals surface area contributed by atoms with Gasteiger partial charge in [0.2, 0.25) is 0 Å². The van der Waals surface area contributed by atoms with Crippen LogP contribution in [0, 0.1) is 13.8 Å². The number of ether oxygens (including phenoxy) is 2. The van der Waals surface area contributed by atoms with Crippen LogP contribution in [0.1, 0.15) is 28.5 Å². The summed E-state index contributed by atoms with van der Waals surface area (Å²) < 4.78 is 15.6. The van der Waals surface area contributed by atoms with Crippen molar-refractivity contribution in [3.8, 4) is 5.75 Å². The number of esters is 1. The number of aryl methyl sites for hydroxylation is 2. The SMILES string of the molecule is CCOC(=O)c1c(C)nc2c(c1C)c(=O)oc1cc(OC)ccc12. The highest BCUT2D eigenvalue weighted by Crippen LogP contribution is 2.29. The predicted octanol–water partition coefficient (Wildman–Crippen LogP) is 3.14. The summed E-state index contributed by atoms with van der Waals surface area (Å²) in [4.78, 5) is 29.1. The van der Waals surface area contributed by atoms with Crippen molar-refractivity contribution in [2.75, 3.05) is 13.7 Å². The molecule has 0 saturated heterocycles. The zero-order valence-corrected chi connectivity index (χ0v) is 13.9. The van der Waals surface area contributed by atoms with Crippen LogP contribution in [0.25, 0.3) is 21.9 Å². The van der Waals surface area contributed by atoms with Gasteiger partial charge in [0, 0.05) is 11.5 Å². The van der Waals surface area contributed by atoms with E-state index in [0.29, 0.717) is 44.4 Å². The lowest BCUT2D eigenvalue weighted by molar-refractivity contribution is 0.0524. The molecule has 2 heterocycles. The number of nitrogens with zero attached hydrogens (tertiary/aromatic N) is 1. The van der Waals surface area contributed by atoms with E-state index in [-0.39, 0.29) is 6.61 Å². The highest BCUT2D eigenvalue weighted by Gasteiger charge is 2.21. The maximum Gasteiger partial charge on any atom is 0.346 e. The zero-order valence-electron chi connectivity index (χ0n) is 13.9. The topological polar surface area (TPSA) is 78.6 Å². The van der Waals surface area contributed by atoms with Gasteiger partial charge in [-0.3, -0.25) is 4.98 Å². The summed E-state index contributed by atoms with van der Waals surface area (Å²) in [6, 6.07) is 5.20. The molecule has 0 amide bonds. The van der Waals surface area contributed by atoms with Gasteiger partial charge < -0.3 is 13.9 Å². The first kappa shape index (κ1) is 16.0. The van der Waals surface area contributed by atoms with E-state index >= 15 is 0 Å². The zero-order chi connectivity index (χ0) is 17.4. The molecule has 3 rings (SSSR count). The fourth-order valence-corrected chi connectivity index (χ4v) is 2.86. The molecule has 0 aliphatic rings. The summed E-state index contributed by atoms with van der Waals surface area (Å²) in [7, 11) is 1.54. The van der Waals surface area contributed by atoms with Crippen molar-refractivity contribution in [2.24, 2.45) is 0 Å². The summed E-state index contributed by atoms with van der Waals surface area (Å²) in [6.07, 6.45) is 0. The van der Waals surface area contributed by atoms with Crippen molar-refractivity contribution < 1.29 is 18.7 Å². The number of aromatic nitrogens is 1. The highest BCUT2D eigenvalue weighted by molar-refractivity contribution is 6.06. The molecule has 24 heavy (non-hydrogen) atoms. The van der Waals surface area contributed by atoms with Crippen LogP contribution < -0.4 is 10.4 Å². The van der Waals surface area contributed by atoms with E-state index in [0.717, 1.165) is 0 Å². The Hall–Kier alpha value is -2.89. The monoisotopic (exact) mass is 327 g/mol. The molecule has 0 unspecified atom stereocenters. The standard InChI is InChI=1S/C18H17NO5/c1-5-23-17(20)14-9(2)15-16(19-10(14)3)12-7-6-11(22-4)8-13(12)24-18(15)21/h6-8H,5H2,1-4H3. The predicted molar refractivity (Wildman–Crippen MR) is 89.8 cm³/mol. The largest absolute Gasteiger partial charge is 0.497 e. The molecule has 0 fully saturated rings. The normalized spacial score (nSPS) is 11.0. The molecule has 0 radical (unpaired) electrons. The molecule has 2 aromatic heterocycles. The number of hydrogen-bond donors (Lipinski definition) is 0. The molecule has 6 heteroatoms. The third kappa shape index (κ3) is 2.40. The smallest absolute Gasteiger partial charge is 0.346 e. The minimum absolute atomic E-state index is 0.252. The van der Waals surface area contributed by atoms with Crippen molar-refractivity contribution >= 4 is 27.8 Å². The molecule has 0 spiro atoms. The first-order valence-electron chi connectivity index (χ1n) is 7.56. The lowest BCUT2D eigenvalue weighted by Crippen LogP contribution is -2.14. The minimum Gasteiger partial charge on any atom is -0.497 e. The average molecular weight is 327 g/mol. The number of benzene rings is 1. The molecule has 0 N–H and O–H groups in total. The van der Waals surface area contributed by atoms with Gasteiger partial charge in [0.1, 0.15) is 11.3 Å². The van der Waals surface area contributed by atoms with Crippen LogP contribution in [-0.2, 0) is 4.74 Å². The number of fused-ring (bicyclic) bond motifs is 3. The number of carbonyl (C=O) groups excluding carboxylic acids is 1. The summed E-state index contributed by atoms with van der Waals surface area (Å²) in [5, 5.41) is 0.980. The molecular formula is C18H17NO5. The van der Waals surface area contributed by atoms with Crippen LogP contribution in [0.15, 0.2) is 27.4 Å². The maximum absolute atomic E-state index is 12.5. The summed E-state index contributed by atoms with van der Waals surface area (Å²) in [5.74, 6) is 0.0951. The van der Waals surface area contributed by atoms with Gasteiger partial charge in [0.15, 0.2) is 0 Å². The fraction of sp³-hybridized carbons (Fsp3) is 0.278. The Labute approximate surface area is 138 Å². The lowest BCUT2D eigenvalue weighted by Gasteiger charge is -2.12. The average Bonchev–Trinajstić information content (AvgIpc) is 2.54. The first-order valence-corrected chi connectivity index (χ1v) is 7.56. The van der Waals surface area contributed by atoms with Crippen molar-refractivity contribution in [1.82, 2.24) is 4.98 Å². The second-order valence-electron chi connectivity index (χ2n) is 5.39. The second kappa shape index (κ2) is 5.96. The Morgan fingerprint density at radius 2 is 2.04 bits per heavy atom. The van der Waals surface area contributed by atoms with Crippen molar-refractivity contribution in [2.45, 2.75) is 20.8 Å². The quantitative estimate of drug-likeness (QED) is 0.418. The number of carbonyl (C=O) groups is 1. The van der Waals surface area contributed by atoms with Gasteiger partial charge in [-0.25, -0.2) is 9.59 Å². The Bertz CT molecular complexity index is 1020. The van der Waals surface area contributed by atoms with Gasteiger partial charge in [-0.1, -0.05) is 0 Å². The van der Waals surface area contributed by atoms with E-state index in [1.165, 1.54) is 0 Å². The van der Waals surface area contributed by atoms with Crippen LogP contribution in [-0.4, -0.2) is 24.7 Å². The first-order chi connectivity index (χ1) is 11.5. The molecular weight excluding hydrogens is 310 g/mol. The van der Waals surface area contributed by atoms with Crippen molar-refractivity contribution in [1.29, 1.82) is 0 Å². The van der Waals surface area contributed by atoms with E-state index in [2.05, 4.69) is 4.98 Å². The molecule has 124 valence electrons. The molecule has 3 aromatic rings. The number of methoxy groups -OCH3 is 1. The number of rotatable bonds is 3. The highest BCUT2D eigenvalue weighted by atomic mass is 16.5. The molecule has 1 aromatic carbocycles.